The van der Waals surface area contributed by atoms with Crippen LogP contribution in [0.5, 0.6) is 11.5 Å². The van der Waals surface area contributed by atoms with Crippen LogP contribution < -0.4 is 15.4 Å². The van der Waals surface area contributed by atoms with Crippen LogP contribution in [0.25, 0.3) is 0 Å². The number of aromatic hydroxyl groups is 1. The van der Waals surface area contributed by atoms with Crippen LogP contribution in [-0.4, -0.2) is 37.4 Å². The van der Waals surface area contributed by atoms with Gasteiger partial charge in [0, 0.05) is 13.1 Å². The molecule has 0 radical (unpaired) electrons. The Morgan fingerprint density at radius 3 is 2.59 bits per heavy atom. The third-order valence-corrected chi connectivity index (χ3v) is 3.74. The van der Waals surface area contributed by atoms with Crippen molar-refractivity contribution in [3.05, 3.63) is 59.7 Å². The summed E-state index contributed by atoms with van der Waals surface area (Å²) in [7, 11) is 0. The Labute approximate surface area is 161 Å². The van der Waals surface area contributed by atoms with E-state index in [4.69, 9.17) is 9.47 Å². The third-order valence-electron chi connectivity index (χ3n) is 3.74. The molecule has 0 bridgehead atoms. The fourth-order valence-corrected chi connectivity index (χ4v) is 2.45. The molecule has 146 valence electrons. The quantitative estimate of drug-likeness (QED) is 0.340. The van der Waals surface area contributed by atoms with Gasteiger partial charge in [0.1, 0.15) is 0 Å². The zero-order valence-corrected chi connectivity index (χ0v) is 16.1. The number of nitrogens with one attached hydrogen (secondary N) is 2. The fraction of sp³-hybridized carbons (Fsp3) is 0.381. The van der Waals surface area contributed by atoms with E-state index in [1.807, 2.05) is 56.3 Å². The molecule has 0 atom stereocenters. The van der Waals surface area contributed by atoms with E-state index in [0.29, 0.717) is 38.7 Å². The number of phenols is 1. The fourth-order valence-electron chi connectivity index (χ4n) is 2.45. The summed E-state index contributed by atoms with van der Waals surface area (Å²) >= 11 is 0. The molecule has 2 rings (SSSR count). The summed E-state index contributed by atoms with van der Waals surface area (Å²) in [5.41, 5.74) is 2.13. The van der Waals surface area contributed by atoms with Crippen LogP contribution in [0, 0.1) is 0 Å². The van der Waals surface area contributed by atoms with E-state index in [9.17, 15) is 5.11 Å². The van der Waals surface area contributed by atoms with Gasteiger partial charge >= 0.3 is 0 Å². The lowest BCUT2D eigenvalue weighted by Gasteiger charge is -2.12. The second kappa shape index (κ2) is 11.8. The summed E-state index contributed by atoms with van der Waals surface area (Å²) < 4.78 is 11.1. The third kappa shape index (κ3) is 7.58. The van der Waals surface area contributed by atoms with Gasteiger partial charge in [-0.2, -0.15) is 0 Å². The molecule has 0 heterocycles. The van der Waals surface area contributed by atoms with Crippen molar-refractivity contribution in [3.8, 4) is 11.5 Å². The van der Waals surface area contributed by atoms with Crippen molar-refractivity contribution in [2.45, 2.75) is 27.0 Å². The number of hydrogen-bond donors (Lipinski definition) is 3. The molecular weight excluding hydrogens is 342 g/mol. The lowest BCUT2D eigenvalue weighted by atomic mass is 10.2. The monoisotopic (exact) mass is 371 g/mol. The minimum Gasteiger partial charge on any atom is -0.504 e. The Morgan fingerprint density at radius 1 is 1.04 bits per heavy atom. The maximum Gasteiger partial charge on any atom is 0.191 e. The number of rotatable bonds is 10. The number of hydrogen-bond acceptors (Lipinski definition) is 4. The van der Waals surface area contributed by atoms with Crippen LogP contribution in [-0.2, 0) is 17.9 Å². The average molecular weight is 371 g/mol. The predicted molar refractivity (Wildman–Crippen MR) is 108 cm³/mol. The van der Waals surface area contributed by atoms with E-state index >= 15 is 0 Å². The number of guanidine groups is 1. The number of nitrogens with zero attached hydrogens (tertiary/aromatic N) is 1. The van der Waals surface area contributed by atoms with Crippen LogP contribution in [0.1, 0.15) is 25.0 Å². The molecule has 0 spiro atoms. The van der Waals surface area contributed by atoms with E-state index in [2.05, 4.69) is 15.6 Å². The predicted octanol–water partition coefficient (Wildman–Crippen LogP) is 3.06. The Hall–Kier alpha value is -2.73. The number of aliphatic imine (C=N–C) groups is 1. The van der Waals surface area contributed by atoms with Gasteiger partial charge in [-0.3, -0.25) is 0 Å². The van der Waals surface area contributed by atoms with Gasteiger partial charge < -0.3 is 25.2 Å². The van der Waals surface area contributed by atoms with Crippen molar-refractivity contribution in [1.82, 2.24) is 10.6 Å². The Morgan fingerprint density at radius 2 is 1.85 bits per heavy atom. The minimum absolute atomic E-state index is 0.144. The van der Waals surface area contributed by atoms with Gasteiger partial charge in [0.2, 0.25) is 0 Å². The standard InChI is InChI=1S/C21H29N3O3/c1-3-22-21(23-12-13-26-16-17-8-6-5-7-9-17)24-15-18-10-11-19(25)20(14-18)27-4-2/h5-11,14,25H,3-4,12-13,15-16H2,1-2H3,(H2,22,23,24). The van der Waals surface area contributed by atoms with Crippen molar-refractivity contribution in [2.75, 3.05) is 26.3 Å². The zero-order chi connectivity index (χ0) is 19.3. The summed E-state index contributed by atoms with van der Waals surface area (Å²) in [4.78, 5) is 4.57. The Kier molecular flexibility index (Phi) is 9.00. The molecule has 0 aliphatic rings. The first-order chi connectivity index (χ1) is 13.2. The summed E-state index contributed by atoms with van der Waals surface area (Å²) in [6, 6.07) is 15.4. The maximum absolute atomic E-state index is 9.78. The molecule has 0 saturated carbocycles. The molecule has 6 heteroatoms. The highest BCUT2D eigenvalue weighted by Crippen LogP contribution is 2.27. The largest absolute Gasteiger partial charge is 0.504 e. The summed E-state index contributed by atoms with van der Waals surface area (Å²) in [6.45, 7) is 7.54. The van der Waals surface area contributed by atoms with Crippen LogP contribution >= 0.6 is 0 Å². The van der Waals surface area contributed by atoms with Crippen molar-refractivity contribution in [1.29, 1.82) is 0 Å². The second-order valence-electron chi connectivity index (χ2n) is 5.90. The number of phenolic OH excluding ortho intramolecular Hbond substituents is 1. The highest BCUT2D eigenvalue weighted by molar-refractivity contribution is 5.79. The van der Waals surface area contributed by atoms with Gasteiger partial charge in [-0.15, -0.1) is 0 Å². The Bertz CT molecular complexity index is 705. The first kappa shape index (κ1) is 20.6. The van der Waals surface area contributed by atoms with E-state index in [1.54, 1.807) is 6.07 Å². The lowest BCUT2D eigenvalue weighted by Crippen LogP contribution is -2.38. The lowest BCUT2D eigenvalue weighted by molar-refractivity contribution is 0.125. The molecule has 2 aromatic carbocycles. The van der Waals surface area contributed by atoms with E-state index in [1.165, 1.54) is 0 Å². The molecule has 0 aliphatic carbocycles. The van der Waals surface area contributed by atoms with Crippen molar-refractivity contribution < 1.29 is 14.6 Å². The highest BCUT2D eigenvalue weighted by Gasteiger charge is 2.04. The van der Waals surface area contributed by atoms with Gasteiger partial charge in [-0.05, 0) is 37.1 Å². The van der Waals surface area contributed by atoms with Gasteiger partial charge in [-0.1, -0.05) is 36.4 Å². The van der Waals surface area contributed by atoms with Crippen molar-refractivity contribution >= 4 is 5.96 Å². The van der Waals surface area contributed by atoms with Gasteiger partial charge in [0.05, 0.1) is 26.4 Å². The SMILES string of the molecule is CCNC(=NCc1ccc(O)c(OCC)c1)NCCOCc1ccccc1. The highest BCUT2D eigenvalue weighted by atomic mass is 16.5. The first-order valence-electron chi connectivity index (χ1n) is 9.31. The van der Waals surface area contributed by atoms with Crippen LogP contribution in [0.3, 0.4) is 0 Å². The Balaban J connectivity index is 1.80. The molecule has 2 aromatic rings. The van der Waals surface area contributed by atoms with Crippen molar-refractivity contribution in [2.24, 2.45) is 4.99 Å². The topological polar surface area (TPSA) is 75.1 Å². The average Bonchev–Trinajstić information content (AvgIpc) is 2.69. The van der Waals surface area contributed by atoms with Gasteiger partial charge in [-0.25, -0.2) is 4.99 Å². The maximum atomic E-state index is 9.78. The number of benzene rings is 2. The number of ether oxygens (including phenoxy) is 2. The van der Waals surface area contributed by atoms with Crippen molar-refractivity contribution in [3.63, 3.8) is 0 Å². The smallest absolute Gasteiger partial charge is 0.191 e. The van der Waals surface area contributed by atoms with Crippen LogP contribution in [0.2, 0.25) is 0 Å². The normalized spacial score (nSPS) is 11.3. The van der Waals surface area contributed by atoms with Gasteiger partial charge in [0.15, 0.2) is 17.5 Å². The first-order valence-corrected chi connectivity index (χ1v) is 9.31. The summed E-state index contributed by atoms with van der Waals surface area (Å²) in [5, 5.41) is 16.3. The van der Waals surface area contributed by atoms with E-state index in [0.717, 1.165) is 23.6 Å². The molecule has 0 amide bonds. The van der Waals surface area contributed by atoms with E-state index in [-0.39, 0.29) is 5.75 Å². The van der Waals surface area contributed by atoms with Crippen LogP contribution in [0.4, 0.5) is 0 Å². The minimum atomic E-state index is 0.144. The molecule has 6 nitrogen and oxygen atoms in total. The molecule has 0 fully saturated rings. The van der Waals surface area contributed by atoms with Crippen LogP contribution in [0.15, 0.2) is 53.5 Å². The molecule has 27 heavy (non-hydrogen) atoms. The van der Waals surface area contributed by atoms with Gasteiger partial charge in [0.25, 0.3) is 0 Å². The van der Waals surface area contributed by atoms with E-state index < -0.39 is 0 Å². The summed E-state index contributed by atoms with van der Waals surface area (Å²) in [6.07, 6.45) is 0. The zero-order valence-electron chi connectivity index (χ0n) is 16.1. The molecule has 0 aliphatic heterocycles. The molecular formula is C21H29N3O3. The second-order valence-corrected chi connectivity index (χ2v) is 5.90. The molecule has 0 aromatic heterocycles. The molecule has 3 N–H and O–H groups in total. The molecule has 0 unspecified atom stereocenters. The summed E-state index contributed by atoms with van der Waals surface area (Å²) in [5.74, 6) is 1.36. The molecule has 0 saturated heterocycles.